The minimum absolute atomic E-state index is 0.116. The van der Waals surface area contributed by atoms with Crippen LogP contribution >= 0.6 is 15.9 Å². The lowest BCUT2D eigenvalue weighted by Gasteiger charge is -2.24. The summed E-state index contributed by atoms with van der Waals surface area (Å²) in [7, 11) is 0. The van der Waals surface area contributed by atoms with Crippen LogP contribution in [0.4, 0.5) is 9.18 Å². The maximum atomic E-state index is 13.1. The smallest absolute Gasteiger partial charge is 0.410 e. The molecule has 2 atom stereocenters. The van der Waals surface area contributed by atoms with Crippen LogP contribution in [-0.4, -0.2) is 40.7 Å². The highest BCUT2D eigenvalue weighted by molar-refractivity contribution is 9.09. The number of alkyl halides is 2. The zero-order valence-corrected chi connectivity index (χ0v) is 10.2. The van der Waals surface area contributed by atoms with Gasteiger partial charge in [-0.05, 0) is 20.8 Å². The molecule has 0 spiro atoms. The lowest BCUT2D eigenvalue weighted by atomic mass is 10.2. The van der Waals surface area contributed by atoms with Crippen molar-refractivity contribution in [2.45, 2.75) is 37.4 Å². The summed E-state index contributed by atoms with van der Waals surface area (Å²) in [6.07, 6.45) is -1.44. The van der Waals surface area contributed by atoms with Crippen LogP contribution in [0.15, 0.2) is 0 Å². The van der Waals surface area contributed by atoms with E-state index in [-0.39, 0.29) is 11.4 Å². The molecule has 0 unspecified atom stereocenters. The van der Waals surface area contributed by atoms with Crippen molar-refractivity contribution in [3.05, 3.63) is 0 Å². The Morgan fingerprint density at radius 2 is 2.07 bits per heavy atom. The molecule has 0 aromatic carbocycles. The maximum absolute atomic E-state index is 13.1. The summed E-state index contributed by atoms with van der Waals surface area (Å²) in [5, 5.41) is 0. The van der Waals surface area contributed by atoms with Crippen molar-refractivity contribution in [3.8, 4) is 0 Å². The molecule has 0 aromatic heterocycles. The molecule has 1 rings (SSSR count). The minimum Gasteiger partial charge on any atom is -0.444 e. The van der Waals surface area contributed by atoms with Gasteiger partial charge in [0.2, 0.25) is 0 Å². The number of nitrogens with zero attached hydrogens (tertiary/aromatic N) is 1. The van der Waals surface area contributed by atoms with Crippen molar-refractivity contribution in [2.24, 2.45) is 0 Å². The summed E-state index contributed by atoms with van der Waals surface area (Å²) in [5.41, 5.74) is -0.521. The van der Waals surface area contributed by atoms with Gasteiger partial charge in [0.25, 0.3) is 0 Å². The van der Waals surface area contributed by atoms with E-state index < -0.39 is 17.9 Å². The predicted octanol–water partition coefficient (Wildman–Crippen LogP) is 2.34. The average Bonchev–Trinajstić information content (AvgIpc) is 2.28. The van der Waals surface area contributed by atoms with Crippen molar-refractivity contribution in [1.29, 1.82) is 0 Å². The van der Waals surface area contributed by atoms with E-state index in [1.54, 1.807) is 20.8 Å². The first-order valence-corrected chi connectivity index (χ1v) is 5.47. The molecule has 1 heterocycles. The second-order valence-corrected chi connectivity index (χ2v) is 5.59. The van der Waals surface area contributed by atoms with Crippen LogP contribution in [0.5, 0.6) is 0 Å². The first-order chi connectivity index (χ1) is 6.29. The Hall–Kier alpha value is -0.320. The number of carbonyl (C=O) groups excluding carboxylic acids is 1. The summed E-state index contributed by atoms with van der Waals surface area (Å²) in [6.45, 7) is 5.86. The molecule has 1 saturated heterocycles. The summed E-state index contributed by atoms with van der Waals surface area (Å²) in [6, 6.07) is 0. The van der Waals surface area contributed by atoms with Gasteiger partial charge in [-0.3, -0.25) is 0 Å². The summed E-state index contributed by atoms with van der Waals surface area (Å²) < 4.78 is 18.2. The van der Waals surface area contributed by atoms with Crippen molar-refractivity contribution in [1.82, 2.24) is 4.90 Å². The normalized spacial score (nSPS) is 27.9. The first-order valence-electron chi connectivity index (χ1n) is 4.55. The summed E-state index contributed by atoms with van der Waals surface area (Å²) in [5.74, 6) is 0. The molecule has 3 nitrogen and oxygen atoms in total. The number of amides is 1. The Morgan fingerprint density at radius 1 is 1.50 bits per heavy atom. The zero-order valence-electron chi connectivity index (χ0n) is 8.59. The Balaban J connectivity index is 2.48. The molecule has 0 saturated carbocycles. The third-order valence-electron chi connectivity index (χ3n) is 1.83. The number of rotatable bonds is 0. The highest BCUT2D eigenvalue weighted by Gasteiger charge is 2.35. The summed E-state index contributed by atoms with van der Waals surface area (Å²) in [4.78, 5) is 12.6. The fourth-order valence-electron chi connectivity index (χ4n) is 1.20. The van der Waals surface area contributed by atoms with Crippen LogP contribution in [0.3, 0.4) is 0 Å². The lowest BCUT2D eigenvalue weighted by Crippen LogP contribution is -2.35. The number of likely N-dealkylation sites (tertiary alicyclic amines) is 1. The van der Waals surface area contributed by atoms with E-state index in [4.69, 9.17) is 4.74 Å². The molecular weight excluding hydrogens is 253 g/mol. The Kier molecular flexibility index (Phi) is 3.40. The van der Waals surface area contributed by atoms with E-state index in [0.29, 0.717) is 6.54 Å². The molecule has 1 fully saturated rings. The van der Waals surface area contributed by atoms with Crippen molar-refractivity contribution in [2.75, 3.05) is 13.1 Å². The molecule has 0 radical (unpaired) electrons. The minimum atomic E-state index is -0.998. The number of ether oxygens (including phenoxy) is 1. The third-order valence-corrected chi connectivity index (χ3v) is 2.70. The van der Waals surface area contributed by atoms with Gasteiger partial charge in [0.05, 0.1) is 11.4 Å². The van der Waals surface area contributed by atoms with Crippen molar-refractivity contribution >= 4 is 22.0 Å². The Morgan fingerprint density at radius 3 is 2.43 bits per heavy atom. The Labute approximate surface area is 91.7 Å². The molecule has 5 heteroatoms. The second kappa shape index (κ2) is 4.04. The fourth-order valence-corrected chi connectivity index (χ4v) is 1.72. The van der Waals surface area contributed by atoms with E-state index >= 15 is 0 Å². The molecule has 0 aromatic rings. The SMILES string of the molecule is CC(C)(C)OC(=O)N1C[C@@H](Br)[C@@H](F)C1. The largest absolute Gasteiger partial charge is 0.444 e. The van der Waals surface area contributed by atoms with Gasteiger partial charge in [-0.15, -0.1) is 0 Å². The highest BCUT2D eigenvalue weighted by atomic mass is 79.9. The molecule has 0 bridgehead atoms. The summed E-state index contributed by atoms with van der Waals surface area (Å²) >= 11 is 3.17. The monoisotopic (exact) mass is 267 g/mol. The van der Waals surface area contributed by atoms with Gasteiger partial charge in [0.1, 0.15) is 11.8 Å². The molecule has 14 heavy (non-hydrogen) atoms. The average molecular weight is 268 g/mol. The van der Waals surface area contributed by atoms with E-state index in [9.17, 15) is 9.18 Å². The van der Waals surface area contributed by atoms with Crippen LogP contribution in [0.1, 0.15) is 20.8 Å². The topological polar surface area (TPSA) is 29.5 Å². The van der Waals surface area contributed by atoms with Gasteiger partial charge in [0, 0.05) is 6.54 Å². The molecule has 1 aliphatic rings. The second-order valence-electron chi connectivity index (χ2n) is 4.42. The zero-order chi connectivity index (χ0) is 10.9. The maximum Gasteiger partial charge on any atom is 0.410 e. The van der Waals surface area contributed by atoms with Gasteiger partial charge in [-0.2, -0.15) is 0 Å². The standard InChI is InChI=1S/C9H15BrFNO2/c1-9(2,3)14-8(13)12-4-6(10)7(11)5-12/h6-7H,4-5H2,1-3H3/t6-,7+/m1/s1. The highest BCUT2D eigenvalue weighted by Crippen LogP contribution is 2.22. The van der Waals surface area contributed by atoms with Crippen LogP contribution in [0.2, 0.25) is 0 Å². The van der Waals surface area contributed by atoms with Gasteiger partial charge < -0.3 is 9.64 Å². The van der Waals surface area contributed by atoms with E-state index in [1.165, 1.54) is 4.90 Å². The molecule has 82 valence electrons. The van der Waals surface area contributed by atoms with Crippen LogP contribution < -0.4 is 0 Å². The molecule has 1 amide bonds. The van der Waals surface area contributed by atoms with E-state index in [0.717, 1.165) is 0 Å². The lowest BCUT2D eigenvalue weighted by molar-refractivity contribution is 0.0284. The molecule has 1 aliphatic heterocycles. The quantitative estimate of drug-likeness (QED) is 0.631. The number of hydrogen-bond donors (Lipinski definition) is 0. The number of halogens is 2. The van der Waals surface area contributed by atoms with Gasteiger partial charge >= 0.3 is 6.09 Å². The van der Waals surface area contributed by atoms with Crippen LogP contribution in [-0.2, 0) is 4.74 Å². The van der Waals surface area contributed by atoms with E-state index in [1.807, 2.05) is 0 Å². The van der Waals surface area contributed by atoms with Crippen molar-refractivity contribution < 1.29 is 13.9 Å². The van der Waals surface area contributed by atoms with Crippen LogP contribution in [0, 0.1) is 0 Å². The van der Waals surface area contributed by atoms with Gasteiger partial charge in [0.15, 0.2) is 0 Å². The number of carbonyl (C=O) groups is 1. The molecule has 0 N–H and O–H groups in total. The van der Waals surface area contributed by atoms with Gasteiger partial charge in [-0.25, -0.2) is 9.18 Å². The Bertz CT molecular complexity index is 219. The molecule has 0 aliphatic carbocycles. The van der Waals surface area contributed by atoms with E-state index in [2.05, 4.69) is 15.9 Å². The van der Waals surface area contributed by atoms with Gasteiger partial charge in [-0.1, -0.05) is 15.9 Å². The fraction of sp³-hybridized carbons (Fsp3) is 0.889. The van der Waals surface area contributed by atoms with Crippen molar-refractivity contribution in [3.63, 3.8) is 0 Å². The molecular formula is C9H15BrFNO2. The third kappa shape index (κ3) is 3.12. The first kappa shape index (κ1) is 11.8. The van der Waals surface area contributed by atoms with Crippen LogP contribution in [0.25, 0.3) is 0 Å². The number of hydrogen-bond acceptors (Lipinski definition) is 2. The predicted molar refractivity (Wildman–Crippen MR) is 55.4 cm³/mol.